The Labute approximate surface area is 141 Å². The molecule has 0 fully saturated rings. The molecule has 0 unspecified atom stereocenters. The number of thioether (sulfide) groups is 1. The lowest BCUT2D eigenvalue weighted by Gasteiger charge is -2.06. The highest BCUT2D eigenvalue weighted by Crippen LogP contribution is 2.23. The highest BCUT2D eigenvalue weighted by atomic mass is 32.2. The van der Waals surface area contributed by atoms with Gasteiger partial charge in [-0.3, -0.25) is 4.79 Å². The number of carbonyl (C=O) groups excluding carboxylic acids is 1. The lowest BCUT2D eigenvalue weighted by atomic mass is 10.3. The Morgan fingerprint density at radius 3 is 3.04 bits per heavy atom. The van der Waals surface area contributed by atoms with Crippen molar-refractivity contribution in [3.63, 3.8) is 0 Å². The highest BCUT2D eigenvalue weighted by molar-refractivity contribution is 7.98. The van der Waals surface area contributed by atoms with Crippen LogP contribution in [0.3, 0.4) is 0 Å². The molecule has 1 aromatic carbocycles. The predicted octanol–water partition coefficient (Wildman–Crippen LogP) is 1.86. The summed E-state index contributed by atoms with van der Waals surface area (Å²) < 4.78 is 6.75. The van der Waals surface area contributed by atoms with Gasteiger partial charge in [-0.2, -0.15) is 9.67 Å². The summed E-state index contributed by atoms with van der Waals surface area (Å²) in [5, 5.41) is 18.9. The zero-order chi connectivity index (χ0) is 16.9. The Bertz CT molecular complexity index is 845. The molecule has 0 aliphatic carbocycles. The van der Waals surface area contributed by atoms with Crippen molar-refractivity contribution in [3.05, 3.63) is 36.0 Å². The Morgan fingerprint density at radius 2 is 2.29 bits per heavy atom. The van der Waals surface area contributed by atoms with E-state index in [0.717, 1.165) is 12.1 Å². The third-order valence-corrected chi connectivity index (χ3v) is 3.91. The molecule has 0 saturated carbocycles. The maximum absolute atomic E-state index is 11.2. The molecule has 0 aliphatic rings. The van der Waals surface area contributed by atoms with Crippen molar-refractivity contribution in [1.82, 2.24) is 30.3 Å². The van der Waals surface area contributed by atoms with E-state index in [1.54, 1.807) is 16.8 Å². The molecule has 0 radical (unpaired) electrons. The molecule has 124 valence electrons. The number of tetrazole rings is 1. The first-order valence-electron chi connectivity index (χ1n) is 7.26. The van der Waals surface area contributed by atoms with E-state index in [4.69, 9.17) is 4.52 Å². The van der Waals surface area contributed by atoms with Gasteiger partial charge in [0, 0.05) is 19.0 Å². The number of nitrogens with zero attached hydrogens (tertiary/aromatic N) is 6. The van der Waals surface area contributed by atoms with Gasteiger partial charge in [-0.05, 0) is 28.6 Å². The van der Waals surface area contributed by atoms with Crippen LogP contribution in [0, 0.1) is 0 Å². The SMILES string of the molecule is CCc1noc(CSc2nnnn2-c2cccc(NC(C)=O)c2)n1. The fourth-order valence-corrected chi connectivity index (χ4v) is 2.70. The van der Waals surface area contributed by atoms with Crippen LogP contribution in [0.1, 0.15) is 25.6 Å². The fraction of sp³-hybridized carbons (Fsp3) is 0.286. The Kier molecular flexibility index (Phi) is 4.85. The largest absolute Gasteiger partial charge is 0.338 e. The number of aryl methyl sites for hydroxylation is 1. The van der Waals surface area contributed by atoms with Gasteiger partial charge in [-0.15, -0.1) is 5.10 Å². The number of aromatic nitrogens is 6. The number of anilines is 1. The lowest BCUT2D eigenvalue weighted by molar-refractivity contribution is -0.114. The second-order valence-corrected chi connectivity index (χ2v) is 5.79. The molecule has 3 aromatic rings. The van der Waals surface area contributed by atoms with Crippen LogP contribution in [0.15, 0.2) is 33.9 Å². The van der Waals surface area contributed by atoms with Gasteiger partial charge < -0.3 is 9.84 Å². The van der Waals surface area contributed by atoms with E-state index >= 15 is 0 Å². The molecule has 2 aromatic heterocycles. The van der Waals surface area contributed by atoms with Gasteiger partial charge in [0.25, 0.3) is 0 Å². The monoisotopic (exact) mass is 345 g/mol. The first-order chi connectivity index (χ1) is 11.7. The molecule has 0 aliphatic heterocycles. The van der Waals surface area contributed by atoms with Crippen molar-refractivity contribution in [2.45, 2.75) is 31.2 Å². The van der Waals surface area contributed by atoms with Crippen LogP contribution in [0.2, 0.25) is 0 Å². The minimum atomic E-state index is -0.137. The number of nitrogens with one attached hydrogen (secondary N) is 1. The smallest absolute Gasteiger partial charge is 0.237 e. The second-order valence-electron chi connectivity index (χ2n) is 4.85. The molecule has 0 saturated heterocycles. The summed E-state index contributed by atoms with van der Waals surface area (Å²) in [4.78, 5) is 15.4. The molecule has 10 heteroatoms. The summed E-state index contributed by atoms with van der Waals surface area (Å²) in [6, 6.07) is 7.27. The van der Waals surface area contributed by atoms with E-state index in [0.29, 0.717) is 28.3 Å². The van der Waals surface area contributed by atoms with E-state index in [9.17, 15) is 4.79 Å². The van der Waals surface area contributed by atoms with Crippen LogP contribution >= 0.6 is 11.8 Å². The number of carbonyl (C=O) groups is 1. The quantitative estimate of drug-likeness (QED) is 0.674. The molecule has 1 N–H and O–H groups in total. The standard InChI is InChI=1S/C14H15N7O2S/c1-3-12-16-13(23-18-12)8-24-14-17-19-20-21(14)11-6-4-5-10(7-11)15-9(2)22/h4-7H,3,8H2,1-2H3,(H,15,22). The maximum Gasteiger partial charge on any atom is 0.237 e. The Morgan fingerprint density at radius 1 is 1.42 bits per heavy atom. The average Bonchev–Trinajstić information content (AvgIpc) is 3.21. The highest BCUT2D eigenvalue weighted by Gasteiger charge is 2.12. The maximum atomic E-state index is 11.2. The third kappa shape index (κ3) is 3.77. The van der Waals surface area contributed by atoms with Gasteiger partial charge in [0.15, 0.2) is 5.82 Å². The number of hydrogen-bond donors (Lipinski definition) is 1. The number of hydrogen-bond acceptors (Lipinski definition) is 8. The summed E-state index contributed by atoms with van der Waals surface area (Å²) in [7, 11) is 0. The minimum absolute atomic E-state index is 0.137. The Balaban J connectivity index is 1.76. The molecule has 3 rings (SSSR count). The molecular formula is C14H15N7O2S. The van der Waals surface area contributed by atoms with E-state index in [2.05, 4.69) is 31.0 Å². The zero-order valence-electron chi connectivity index (χ0n) is 13.1. The molecule has 0 spiro atoms. The van der Waals surface area contributed by atoms with Gasteiger partial charge in [0.1, 0.15) is 0 Å². The van der Waals surface area contributed by atoms with Crippen molar-refractivity contribution >= 4 is 23.4 Å². The molecule has 0 atom stereocenters. The third-order valence-electron chi connectivity index (χ3n) is 3.00. The predicted molar refractivity (Wildman–Crippen MR) is 86.7 cm³/mol. The lowest BCUT2D eigenvalue weighted by Crippen LogP contribution is -2.07. The first-order valence-corrected chi connectivity index (χ1v) is 8.25. The molecular weight excluding hydrogens is 330 g/mol. The second kappa shape index (κ2) is 7.21. The van der Waals surface area contributed by atoms with Crippen LogP contribution in [0.4, 0.5) is 5.69 Å². The van der Waals surface area contributed by atoms with Crippen molar-refractivity contribution in [3.8, 4) is 5.69 Å². The van der Waals surface area contributed by atoms with Gasteiger partial charge in [-0.1, -0.05) is 29.9 Å². The molecule has 2 heterocycles. The van der Waals surface area contributed by atoms with E-state index < -0.39 is 0 Å². The van der Waals surface area contributed by atoms with Crippen molar-refractivity contribution in [2.24, 2.45) is 0 Å². The normalized spacial score (nSPS) is 10.8. The summed E-state index contributed by atoms with van der Waals surface area (Å²) >= 11 is 1.39. The van der Waals surface area contributed by atoms with Crippen molar-refractivity contribution < 1.29 is 9.32 Å². The van der Waals surface area contributed by atoms with Crippen LogP contribution < -0.4 is 5.32 Å². The first kappa shape index (κ1) is 16.1. The fourth-order valence-electron chi connectivity index (χ4n) is 1.97. The molecule has 1 amide bonds. The number of rotatable bonds is 6. The Hall–Kier alpha value is -2.75. The number of benzene rings is 1. The summed E-state index contributed by atoms with van der Waals surface area (Å²) in [6.07, 6.45) is 0.724. The summed E-state index contributed by atoms with van der Waals surface area (Å²) in [5.41, 5.74) is 1.42. The van der Waals surface area contributed by atoms with Crippen molar-refractivity contribution in [2.75, 3.05) is 5.32 Å². The van der Waals surface area contributed by atoms with Crippen molar-refractivity contribution in [1.29, 1.82) is 0 Å². The van der Waals surface area contributed by atoms with Crippen LogP contribution in [0.25, 0.3) is 5.69 Å². The van der Waals surface area contributed by atoms with Crippen LogP contribution in [-0.2, 0) is 17.0 Å². The topological polar surface area (TPSA) is 112 Å². The molecule has 9 nitrogen and oxygen atoms in total. The van der Waals surface area contributed by atoms with Gasteiger partial charge in [-0.25, -0.2) is 0 Å². The minimum Gasteiger partial charge on any atom is -0.338 e. The van der Waals surface area contributed by atoms with E-state index in [1.807, 2.05) is 19.1 Å². The van der Waals surface area contributed by atoms with Crippen LogP contribution in [-0.4, -0.2) is 36.3 Å². The molecule has 0 bridgehead atoms. The van der Waals surface area contributed by atoms with E-state index in [1.165, 1.54) is 18.7 Å². The van der Waals surface area contributed by atoms with Crippen LogP contribution in [0.5, 0.6) is 0 Å². The summed E-state index contributed by atoms with van der Waals surface area (Å²) in [6.45, 7) is 3.42. The average molecular weight is 345 g/mol. The van der Waals surface area contributed by atoms with Gasteiger partial charge in [0.2, 0.25) is 17.0 Å². The summed E-state index contributed by atoms with van der Waals surface area (Å²) in [5.74, 6) is 1.53. The molecule has 24 heavy (non-hydrogen) atoms. The van der Waals surface area contributed by atoms with Gasteiger partial charge in [0.05, 0.1) is 11.4 Å². The zero-order valence-corrected chi connectivity index (χ0v) is 13.9. The number of amides is 1. The van der Waals surface area contributed by atoms with E-state index in [-0.39, 0.29) is 5.91 Å². The van der Waals surface area contributed by atoms with Gasteiger partial charge >= 0.3 is 0 Å².